The van der Waals surface area contributed by atoms with E-state index in [1.54, 1.807) is 7.11 Å². The van der Waals surface area contributed by atoms with E-state index in [4.69, 9.17) is 4.74 Å². The van der Waals surface area contributed by atoms with Gasteiger partial charge in [-0.3, -0.25) is 4.68 Å². The van der Waals surface area contributed by atoms with Gasteiger partial charge in [-0.15, -0.1) is 5.10 Å². The molecule has 1 unspecified atom stereocenters. The fraction of sp³-hybridized carbons (Fsp3) is 0.467. The molecule has 5 nitrogen and oxygen atoms in total. The van der Waals surface area contributed by atoms with E-state index in [2.05, 4.69) is 34.7 Å². The highest BCUT2D eigenvalue weighted by Gasteiger charge is 2.16. The van der Waals surface area contributed by atoms with Crippen LogP contribution in [0.3, 0.4) is 0 Å². The van der Waals surface area contributed by atoms with Gasteiger partial charge in [-0.25, -0.2) is 0 Å². The lowest BCUT2D eigenvalue weighted by Gasteiger charge is -2.18. The number of ether oxygens (including phenoxy) is 1. The van der Waals surface area contributed by atoms with E-state index in [1.807, 2.05) is 30.1 Å². The molecule has 0 aliphatic heterocycles. The SMILES string of the molecule is CCCNC(Cc1cccc(OC)c1)c1cnnn1C. The Balaban J connectivity index is 2.17. The van der Waals surface area contributed by atoms with Gasteiger partial charge in [0.15, 0.2) is 0 Å². The number of benzene rings is 1. The van der Waals surface area contributed by atoms with Gasteiger partial charge < -0.3 is 10.1 Å². The quantitative estimate of drug-likeness (QED) is 0.840. The summed E-state index contributed by atoms with van der Waals surface area (Å²) in [6.07, 6.45) is 3.81. The second-order valence-electron chi connectivity index (χ2n) is 4.84. The molecule has 2 rings (SSSR count). The number of aryl methyl sites for hydroxylation is 1. The molecule has 1 aromatic carbocycles. The molecule has 1 heterocycles. The van der Waals surface area contributed by atoms with E-state index in [-0.39, 0.29) is 6.04 Å². The van der Waals surface area contributed by atoms with Crippen molar-refractivity contribution >= 4 is 0 Å². The first kappa shape index (κ1) is 14.5. The van der Waals surface area contributed by atoms with Crippen molar-refractivity contribution in [3.8, 4) is 5.75 Å². The third-order valence-electron chi connectivity index (χ3n) is 3.32. The fourth-order valence-corrected chi connectivity index (χ4v) is 2.25. The second kappa shape index (κ2) is 7.05. The third-order valence-corrected chi connectivity index (χ3v) is 3.32. The molecule has 0 saturated heterocycles. The van der Waals surface area contributed by atoms with Gasteiger partial charge in [0.25, 0.3) is 0 Å². The molecule has 1 aromatic heterocycles. The molecular formula is C15H22N4O. The van der Waals surface area contributed by atoms with Gasteiger partial charge in [-0.1, -0.05) is 24.3 Å². The molecule has 0 aliphatic rings. The summed E-state index contributed by atoms with van der Waals surface area (Å²) in [5.41, 5.74) is 2.33. The van der Waals surface area contributed by atoms with Crippen molar-refractivity contribution < 1.29 is 4.74 Å². The van der Waals surface area contributed by atoms with Gasteiger partial charge in [0.05, 0.1) is 25.0 Å². The summed E-state index contributed by atoms with van der Waals surface area (Å²) in [7, 11) is 3.62. The van der Waals surface area contributed by atoms with E-state index >= 15 is 0 Å². The van der Waals surface area contributed by atoms with Crippen LogP contribution in [-0.2, 0) is 13.5 Å². The van der Waals surface area contributed by atoms with Crippen LogP contribution < -0.4 is 10.1 Å². The zero-order valence-electron chi connectivity index (χ0n) is 12.3. The Hall–Kier alpha value is -1.88. The number of hydrogen-bond donors (Lipinski definition) is 1. The van der Waals surface area contributed by atoms with Crippen LogP contribution in [0.25, 0.3) is 0 Å². The minimum atomic E-state index is 0.210. The highest BCUT2D eigenvalue weighted by Crippen LogP contribution is 2.20. The van der Waals surface area contributed by atoms with Crippen molar-refractivity contribution in [2.75, 3.05) is 13.7 Å². The zero-order chi connectivity index (χ0) is 14.4. The number of hydrogen-bond acceptors (Lipinski definition) is 4. The predicted octanol–water partition coefficient (Wildman–Crippen LogP) is 2.11. The number of rotatable bonds is 7. The van der Waals surface area contributed by atoms with Crippen molar-refractivity contribution in [3.63, 3.8) is 0 Å². The smallest absolute Gasteiger partial charge is 0.119 e. The highest BCUT2D eigenvalue weighted by molar-refractivity contribution is 5.29. The molecule has 108 valence electrons. The molecule has 5 heteroatoms. The Morgan fingerprint density at radius 2 is 2.25 bits per heavy atom. The number of aromatic nitrogens is 3. The molecule has 0 fully saturated rings. The van der Waals surface area contributed by atoms with Crippen LogP contribution in [0.4, 0.5) is 0 Å². The molecule has 0 saturated carbocycles. The summed E-state index contributed by atoms with van der Waals surface area (Å²) in [6.45, 7) is 3.14. The minimum Gasteiger partial charge on any atom is -0.497 e. The summed E-state index contributed by atoms with van der Waals surface area (Å²) >= 11 is 0. The van der Waals surface area contributed by atoms with Crippen LogP contribution in [0.2, 0.25) is 0 Å². The normalized spacial score (nSPS) is 12.3. The van der Waals surface area contributed by atoms with Crippen molar-refractivity contribution in [1.29, 1.82) is 0 Å². The molecule has 1 N–H and O–H groups in total. The molecular weight excluding hydrogens is 252 g/mol. The summed E-state index contributed by atoms with van der Waals surface area (Å²) in [4.78, 5) is 0. The summed E-state index contributed by atoms with van der Waals surface area (Å²) in [5, 5.41) is 11.6. The molecule has 20 heavy (non-hydrogen) atoms. The van der Waals surface area contributed by atoms with Gasteiger partial charge in [0.1, 0.15) is 5.75 Å². The third kappa shape index (κ3) is 3.57. The van der Waals surface area contributed by atoms with Gasteiger partial charge in [-0.05, 0) is 37.1 Å². The monoisotopic (exact) mass is 274 g/mol. The molecule has 1 atom stereocenters. The standard InChI is InChI=1S/C15H22N4O/c1-4-8-16-14(15-11-17-18-19(15)2)10-12-6-5-7-13(9-12)20-3/h5-7,9,11,14,16H,4,8,10H2,1-3H3. The molecule has 0 amide bonds. The van der Waals surface area contributed by atoms with Crippen molar-refractivity contribution in [2.45, 2.75) is 25.8 Å². The van der Waals surface area contributed by atoms with Gasteiger partial charge in [0, 0.05) is 7.05 Å². The second-order valence-corrected chi connectivity index (χ2v) is 4.84. The largest absolute Gasteiger partial charge is 0.497 e. The Morgan fingerprint density at radius 3 is 2.90 bits per heavy atom. The van der Waals surface area contributed by atoms with Gasteiger partial charge in [0.2, 0.25) is 0 Å². The first-order valence-corrected chi connectivity index (χ1v) is 6.95. The Bertz CT molecular complexity index is 538. The highest BCUT2D eigenvalue weighted by atomic mass is 16.5. The van der Waals surface area contributed by atoms with Crippen molar-refractivity contribution in [1.82, 2.24) is 20.3 Å². The number of methoxy groups -OCH3 is 1. The fourth-order valence-electron chi connectivity index (χ4n) is 2.25. The Kier molecular flexibility index (Phi) is 5.12. The number of nitrogens with one attached hydrogen (secondary N) is 1. The van der Waals surface area contributed by atoms with Crippen LogP contribution in [0, 0.1) is 0 Å². The van der Waals surface area contributed by atoms with Crippen molar-refractivity contribution in [2.24, 2.45) is 7.05 Å². The summed E-state index contributed by atoms with van der Waals surface area (Å²) in [6, 6.07) is 8.38. The zero-order valence-corrected chi connectivity index (χ0v) is 12.3. The van der Waals surface area contributed by atoms with Crippen LogP contribution in [0.15, 0.2) is 30.5 Å². The molecule has 0 spiro atoms. The Morgan fingerprint density at radius 1 is 1.40 bits per heavy atom. The van der Waals surface area contributed by atoms with Gasteiger partial charge in [-0.2, -0.15) is 0 Å². The summed E-state index contributed by atoms with van der Waals surface area (Å²) in [5.74, 6) is 0.889. The first-order valence-electron chi connectivity index (χ1n) is 6.95. The van der Waals surface area contributed by atoms with Crippen LogP contribution in [-0.4, -0.2) is 28.6 Å². The van der Waals surface area contributed by atoms with E-state index in [0.29, 0.717) is 0 Å². The van der Waals surface area contributed by atoms with Crippen LogP contribution in [0.1, 0.15) is 30.6 Å². The van der Waals surface area contributed by atoms with Crippen LogP contribution >= 0.6 is 0 Å². The van der Waals surface area contributed by atoms with Crippen LogP contribution in [0.5, 0.6) is 5.75 Å². The molecule has 0 aliphatic carbocycles. The predicted molar refractivity (Wildman–Crippen MR) is 78.7 cm³/mol. The van der Waals surface area contributed by atoms with Gasteiger partial charge >= 0.3 is 0 Å². The topological polar surface area (TPSA) is 52.0 Å². The van der Waals surface area contributed by atoms with E-state index in [0.717, 1.165) is 30.8 Å². The minimum absolute atomic E-state index is 0.210. The lowest BCUT2D eigenvalue weighted by Crippen LogP contribution is -2.26. The lowest BCUT2D eigenvalue weighted by atomic mass is 10.0. The summed E-state index contributed by atoms with van der Waals surface area (Å²) < 4.78 is 7.11. The maximum Gasteiger partial charge on any atom is 0.119 e. The number of nitrogens with zero attached hydrogens (tertiary/aromatic N) is 3. The maximum atomic E-state index is 5.28. The molecule has 0 bridgehead atoms. The average molecular weight is 274 g/mol. The lowest BCUT2D eigenvalue weighted by molar-refractivity contribution is 0.413. The maximum absolute atomic E-state index is 5.28. The molecule has 2 aromatic rings. The van der Waals surface area contributed by atoms with E-state index in [9.17, 15) is 0 Å². The Labute approximate surface area is 120 Å². The van der Waals surface area contributed by atoms with E-state index in [1.165, 1.54) is 5.56 Å². The first-order chi connectivity index (χ1) is 9.74. The average Bonchev–Trinajstić information content (AvgIpc) is 2.90. The molecule has 0 radical (unpaired) electrons. The van der Waals surface area contributed by atoms with E-state index < -0.39 is 0 Å². The van der Waals surface area contributed by atoms with Crippen molar-refractivity contribution in [3.05, 3.63) is 41.7 Å².